The number of benzene rings is 3. The fourth-order valence-electron chi connectivity index (χ4n) is 6.42. The van der Waals surface area contributed by atoms with E-state index in [1.807, 2.05) is 60.7 Å². The van der Waals surface area contributed by atoms with E-state index in [2.05, 4.69) is 16.0 Å². The van der Waals surface area contributed by atoms with E-state index in [4.69, 9.17) is 18.9 Å². The van der Waals surface area contributed by atoms with E-state index in [0.717, 1.165) is 15.4 Å². The number of carbonyl (C=O) groups excluding carboxylic acids is 3. The number of anilines is 1. The number of amides is 3. The fourth-order valence-corrected chi connectivity index (χ4v) is 7.93. The van der Waals surface area contributed by atoms with E-state index in [9.17, 15) is 27.9 Å². The highest BCUT2D eigenvalue weighted by Gasteiger charge is 2.44. The van der Waals surface area contributed by atoms with Crippen LogP contribution >= 0.6 is 0 Å². The summed E-state index contributed by atoms with van der Waals surface area (Å²) in [5.41, 5.74) is 1.93. The first-order chi connectivity index (χ1) is 24.6. The summed E-state index contributed by atoms with van der Waals surface area (Å²) in [6, 6.07) is 22.5. The van der Waals surface area contributed by atoms with E-state index in [1.54, 1.807) is 0 Å². The Morgan fingerprint density at radius 3 is 2.33 bits per heavy atom. The number of carbonyl (C=O) groups is 3. The molecular formula is C36H42N4O10S. The zero-order chi connectivity index (χ0) is 35.8. The van der Waals surface area contributed by atoms with Crippen molar-refractivity contribution < 1.29 is 46.9 Å². The zero-order valence-corrected chi connectivity index (χ0v) is 28.7. The zero-order valence-electron chi connectivity index (χ0n) is 27.9. The van der Waals surface area contributed by atoms with Crippen LogP contribution in [0.5, 0.6) is 0 Å². The first-order valence-electron chi connectivity index (χ1n) is 16.9. The quantitative estimate of drug-likeness (QED) is 0.193. The monoisotopic (exact) mass is 722 g/mol. The molecule has 0 bridgehead atoms. The van der Waals surface area contributed by atoms with Crippen molar-refractivity contribution in [1.29, 1.82) is 0 Å². The molecule has 51 heavy (non-hydrogen) atoms. The molecule has 3 saturated heterocycles. The molecular weight excluding hydrogens is 680 g/mol. The first kappa shape index (κ1) is 36.3. The van der Waals surface area contributed by atoms with Gasteiger partial charge < -0.3 is 34.7 Å². The van der Waals surface area contributed by atoms with Gasteiger partial charge in [0.25, 0.3) is 0 Å². The predicted molar refractivity (Wildman–Crippen MR) is 184 cm³/mol. The number of aliphatic hydroxyl groups is 1. The van der Waals surface area contributed by atoms with E-state index >= 15 is 0 Å². The Balaban J connectivity index is 1.15. The minimum atomic E-state index is -4.25. The standard InChI is InChI=1S/C36H42N4O10S/c41-31(30(19-24-7-3-1-4-8-24)39-36(44)50-32-23-48-34-29(32)17-18-47-34)21-40(20-27-13-16-33(42)37-27)51(45,46)28-14-11-26(12-15-28)38-35(43)49-22-25-9-5-2-6-10-25/h1-12,14-15,27,29-32,34,41H,13,16-23H2,(H,37,42)(H,38,43)(H,39,44)/t27-,29-,30-,31+,32-,34+/m0/s1. The summed E-state index contributed by atoms with van der Waals surface area (Å²) in [7, 11) is -4.25. The molecule has 6 rings (SSSR count). The van der Waals surface area contributed by atoms with Crippen LogP contribution in [0.1, 0.15) is 30.4 Å². The molecule has 0 spiro atoms. The second-order valence-corrected chi connectivity index (χ2v) is 14.8. The number of ether oxygens (including phenoxy) is 4. The lowest BCUT2D eigenvalue weighted by molar-refractivity contribution is -0.119. The lowest BCUT2D eigenvalue weighted by atomic mass is 10.0. The molecule has 3 aromatic carbocycles. The predicted octanol–water partition coefficient (Wildman–Crippen LogP) is 3.16. The highest BCUT2D eigenvalue weighted by Crippen LogP contribution is 2.33. The van der Waals surface area contributed by atoms with Crippen LogP contribution in [-0.2, 0) is 46.8 Å². The van der Waals surface area contributed by atoms with Gasteiger partial charge in [-0.3, -0.25) is 10.1 Å². The third-order valence-electron chi connectivity index (χ3n) is 9.16. The van der Waals surface area contributed by atoms with Gasteiger partial charge in [0.2, 0.25) is 15.9 Å². The molecule has 6 atom stereocenters. The summed E-state index contributed by atoms with van der Waals surface area (Å²) in [6.45, 7) is 0.262. The molecule has 0 unspecified atom stereocenters. The first-order valence-corrected chi connectivity index (χ1v) is 18.4. The summed E-state index contributed by atoms with van der Waals surface area (Å²) < 4.78 is 51.4. The van der Waals surface area contributed by atoms with Crippen molar-refractivity contribution in [3.63, 3.8) is 0 Å². The van der Waals surface area contributed by atoms with Crippen LogP contribution < -0.4 is 16.0 Å². The van der Waals surface area contributed by atoms with Crippen molar-refractivity contribution >= 4 is 33.8 Å². The molecule has 3 amide bonds. The van der Waals surface area contributed by atoms with Gasteiger partial charge in [0.1, 0.15) is 12.7 Å². The molecule has 15 heteroatoms. The molecule has 3 heterocycles. The molecule has 272 valence electrons. The van der Waals surface area contributed by atoms with Crippen molar-refractivity contribution in [3.05, 3.63) is 96.1 Å². The minimum Gasteiger partial charge on any atom is -0.444 e. The number of hydrogen-bond acceptors (Lipinski definition) is 10. The van der Waals surface area contributed by atoms with Crippen LogP contribution in [0.25, 0.3) is 0 Å². The van der Waals surface area contributed by atoms with E-state index in [1.165, 1.54) is 24.3 Å². The molecule has 3 aliphatic heterocycles. The van der Waals surface area contributed by atoms with Gasteiger partial charge in [0, 0.05) is 31.2 Å². The van der Waals surface area contributed by atoms with Gasteiger partial charge in [-0.25, -0.2) is 18.0 Å². The third-order valence-corrected chi connectivity index (χ3v) is 11.0. The van der Waals surface area contributed by atoms with Crippen LogP contribution in [0.2, 0.25) is 0 Å². The van der Waals surface area contributed by atoms with Crippen molar-refractivity contribution in [2.24, 2.45) is 5.92 Å². The number of hydrogen-bond donors (Lipinski definition) is 4. The molecule has 3 aliphatic rings. The maximum Gasteiger partial charge on any atom is 0.411 e. The largest absolute Gasteiger partial charge is 0.444 e. The van der Waals surface area contributed by atoms with Crippen molar-refractivity contribution in [2.75, 3.05) is 31.6 Å². The van der Waals surface area contributed by atoms with E-state index in [-0.39, 0.29) is 49.3 Å². The molecule has 4 N–H and O–H groups in total. The van der Waals surface area contributed by atoms with Crippen molar-refractivity contribution in [1.82, 2.24) is 14.9 Å². The Morgan fingerprint density at radius 1 is 0.941 bits per heavy atom. The average Bonchev–Trinajstić information content (AvgIpc) is 3.87. The number of fused-ring (bicyclic) bond motifs is 1. The van der Waals surface area contributed by atoms with E-state index in [0.29, 0.717) is 25.1 Å². The summed E-state index contributed by atoms with van der Waals surface area (Å²) in [5.74, 6) is -0.276. The lowest BCUT2D eigenvalue weighted by Crippen LogP contribution is -2.53. The molecule has 0 aliphatic carbocycles. The van der Waals surface area contributed by atoms with Gasteiger partial charge in [-0.1, -0.05) is 60.7 Å². The maximum absolute atomic E-state index is 14.1. The summed E-state index contributed by atoms with van der Waals surface area (Å²) in [6.07, 6.45) is -2.23. The van der Waals surface area contributed by atoms with Crippen LogP contribution in [0, 0.1) is 5.92 Å². The van der Waals surface area contributed by atoms with Crippen LogP contribution in [0.15, 0.2) is 89.8 Å². The van der Waals surface area contributed by atoms with Crippen LogP contribution in [0.4, 0.5) is 15.3 Å². The Bertz CT molecular complexity index is 1750. The molecule has 0 aromatic heterocycles. The molecule has 0 radical (unpaired) electrons. The van der Waals surface area contributed by atoms with Gasteiger partial charge >= 0.3 is 12.2 Å². The van der Waals surface area contributed by atoms with Gasteiger partial charge in [-0.2, -0.15) is 4.31 Å². The highest BCUT2D eigenvalue weighted by molar-refractivity contribution is 7.89. The topological polar surface area (TPSA) is 182 Å². The van der Waals surface area contributed by atoms with Crippen LogP contribution in [0.3, 0.4) is 0 Å². The van der Waals surface area contributed by atoms with E-state index < -0.39 is 59.3 Å². The van der Waals surface area contributed by atoms with Crippen molar-refractivity contribution in [3.8, 4) is 0 Å². The summed E-state index contributed by atoms with van der Waals surface area (Å²) >= 11 is 0. The fraction of sp³-hybridized carbons (Fsp3) is 0.417. The lowest BCUT2D eigenvalue weighted by Gasteiger charge is -2.31. The van der Waals surface area contributed by atoms with Gasteiger partial charge in [-0.15, -0.1) is 0 Å². The number of rotatable bonds is 14. The van der Waals surface area contributed by atoms with Gasteiger partial charge in [0.15, 0.2) is 6.29 Å². The number of aliphatic hydroxyl groups excluding tert-OH is 1. The average molecular weight is 723 g/mol. The van der Waals surface area contributed by atoms with Gasteiger partial charge in [-0.05, 0) is 54.7 Å². The van der Waals surface area contributed by atoms with Gasteiger partial charge in [0.05, 0.1) is 36.2 Å². The number of nitrogens with zero attached hydrogens (tertiary/aromatic N) is 1. The minimum absolute atomic E-state index is 0.0664. The third kappa shape index (κ3) is 9.62. The normalized spacial score (nSPS) is 22.5. The molecule has 3 fully saturated rings. The second-order valence-electron chi connectivity index (χ2n) is 12.8. The smallest absolute Gasteiger partial charge is 0.411 e. The summed E-state index contributed by atoms with van der Waals surface area (Å²) in [5, 5.41) is 19.8. The Hall–Kier alpha value is -4.54. The Labute approximate surface area is 296 Å². The number of sulfonamides is 1. The number of alkyl carbamates (subject to hydrolysis) is 1. The second kappa shape index (κ2) is 16.7. The molecule has 3 aromatic rings. The maximum atomic E-state index is 14.1. The highest BCUT2D eigenvalue weighted by atomic mass is 32.2. The Kier molecular flexibility index (Phi) is 11.8. The number of nitrogens with one attached hydrogen (secondary N) is 3. The summed E-state index contributed by atoms with van der Waals surface area (Å²) in [4.78, 5) is 37.5. The van der Waals surface area contributed by atoms with Crippen molar-refractivity contribution in [2.45, 2.75) is 67.8 Å². The molecule has 0 saturated carbocycles. The van der Waals surface area contributed by atoms with Crippen LogP contribution in [-0.4, -0.2) is 92.8 Å². The molecule has 14 nitrogen and oxygen atoms in total. The SMILES string of the molecule is O=C1CC[C@@H](CN(C[C@@H](O)[C@H](Cc2ccccc2)NC(=O)O[C@H]2CO[C@H]3OCC[C@H]32)S(=O)(=O)c2ccc(NC(=O)OCc3ccccc3)cc2)N1. The Morgan fingerprint density at radius 2 is 1.65 bits per heavy atom.